The van der Waals surface area contributed by atoms with Gasteiger partial charge in [0.2, 0.25) is 0 Å². The topological polar surface area (TPSA) is 73.8 Å². The lowest BCUT2D eigenvalue weighted by Crippen LogP contribution is -2.17. The van der Waals surface area contributed by atoms with E-state index in [2.05, 4.69) is 0 Å². The van der Waals surface area contributed by atoms with Gasteiger partial charge < -0.3 is 19.0 Å². The number of nitrogens with zero attached hydrogens (tertiary/aromatic N) is 1. The van der Waals surface area contributed by atoms with Crippen LogP contribution in [0.15, 0.2) is 27.4 Å². The van der Waals surface area contributed by atoms with E-state index < -0.39 is 5.76 Å². The van der Waals surface area contributed by atoms with Crippen molar-refractivity contribution in [3.63, 3.8) is 0 Å². The Balaban J connectivity index is 2.21. The molecule has 1 aromatic carbocycles. The van der Waals surface area contributed by atoms with E-state index >= 15 is 0 Å². The monoisotopic (exact) mass is 239 g/mol. The van der Waals surface area contributed by atoms with Gasteiger partial charge >= 0.3 is 5.76 Å². The lowest BCUT2D eigenvalue weighted by molar-refractivity contribution is 0.0330. The molecule has 0 aliphatic rings. The zero-order valence-electron chi connectivity index (χ0n) is 9.38. The van der Waals surface area contributed by atoms with Crippen LogP contribution in [0.3, 0.4) is 0 Å². The normalized spacial score (nSPS) is 11.1. The molecule has 0 atom stereocenters. The quantitative estimate of drug-likeness (QED) is 0.785. The lowest BCUT2D eigenvalue weighted by atomic mass is 10.3. The summed E-state index contributed by atoms with van der Waals surface area (Å²) in [7, 11) is 1.57. The molecule has 2 rings (SSSR count). The second-order valence-corrected chi connectivity index (χ2v) is 3.48. The first-order valence-electron chi connectivity index (χ1n) is 5.11. The van der Waals surface area contributed by atoms with Crippen molar-refractivity contribution in [3.05, 3.63) is 28.7 Å². The first kappa shape index (κ1) is 11.7. The molecule has 0 saturated carbocycles. The first-order valence-corrected chi connectivity index (χ1v) is 5.11. The molecule has 1 aromatic heterocycles. The van der Waals surface area contributed by atoms with Crippen molar-refractivity contribution >= 4 is 11.1 Å². The number of benzene rings is 1. The van der Waals surface area contributed by atoms with Crippen molar-refractivity contribution in [2.45, 2.75) is 6.73 Å². The fourth-order valence-electron chi connectivity index (χ4n) is 1.48. The Morgan fingerprint density at radius 3 is 3.00 bits per heavy atom. The fourth-order valence-corrected chi connectivity index (χ4v) is 1.48. The van der Waals surface area contributed by atoms with Crippen LogP contribution < -0.4 is 5.76 Å². The van der Waals surface area contributed by atoms with Crippen LogP contribution in [-0.4, -0.2) is 30.0 Å². The van der Waals surface area contributed by atoms with Gasteiger partial charge in [-0.15, -0.1) is 0 Å². The van der Waals surface area contributed by atoms with Crippen LogP contribution in [0.1, 0.15) is 0 Å². The number of methoxy groups -OCH3 is 1. The molecule has 6 heteroatoms. The Bertz CT molecular complexity index is 556. The van der Waals surface area contributed by atoms with E-state index in [-0.39, 0.29) is 12.5 Å². The Morgan fingerprint density at radius 2 is 2.24 bits per heavy atom. The molecule has 0 amide bonds. The molecule has 2 aromatic rings. The average Bonchev–Trinajstić information content (AvgIpc) is 2.60. The van der Waals surface area contributed by atoms with Crippen LogP contribution in [-0.2, 0) is 16.2 Å². The molecular formula is C11H13NO5. The molecule has 0 aliphatic heterocycles. The maximum absolute atomic E-state index is 11.5. The van der Waals surface area contributed by atoms with E-state index in [1.807, 2.05) is 0 Å². The van der Waals surface area contributed by atoms with Gasteiger partial charge in [-0.3, -0.25) is 0 Å². The van der Waals surface area contributed by atoms with E-state index in [0.29, 0.717) is 24.3 Å². The molecule has 0 radical (unpaired) electrons. The zero-order valence-corrected chi connectivity index (χ0v) is 9.38. The predicted octanol–water partition coefficient (Wildman–Crippen LogP) is 0.921. The van der Waals surface area contributed by atoms with Gasteiger partial charge in [0.05, 0.1) is 18.7 Å². The minimum atomic E-state index is -0.511. The number of oxazole rings is 1. The van der Waals surface area contributed by atoms with Crippen LogP contribution in [0.4, 0.5) is 0 Å². The summed E-state index contributed by atoms with van der Waals surface area (Å²) in [6.07, 6.45) is 0. The number of ether oxygens (including phenoxy) is 2. The Hall–Kier alpha value is -1.79. The van der Waals surface area contributed by atoms with E-state index in [1.54, 1.807) is 13.2 Å². The number of rotatable bonds is 5. The van der Waals surface area contributed by atoms with Crippen LogP contribution >= 0.6 is 0 Å². The Labute approximate surface area is 97.0 Å². The standard InChI is InChI=1S/C11H13NO5/c1-15-4-5-16-7-12-9-3-2-8(13)6-10(9)17-11(12)14/h2-3,6,13H,4-5,7H2,1H3. The number of hydrogen-bond acceptors (Lipinski definition) is 5. The third kappa shape index (κ3) is 2.48. The summed E-state index contributed by atoms with van der Waals surface area (Å²) < 4.78 is 16.4. The fraction of sp³-hybridized carbons (Fsp3) is 0.364. The number of aromatic hydroxyl groups is 1. The van der Waals surface area contributed by atoms with Gasteiger partial charge in [0.25, 0.3) is 0 Å². The molecule has 1 N–H and O–H groups in total. The molecule has 0 spiro atoms. The van der Waals surface area contributed by atoms with E-state index in [0.717, 1.165) is 0 Å². The lowest BCUT2D eigenvalue weighted by Gasteiger charge is -2.03. The van der Waals surface area contributed by atoms with Crippen LogP contribution in [0.2, 0.25) is 0 Å². The zero-order chi connectivity index (χ0) is 12.3. The van der Waals surface area contributed by atoms with E-state index in [4.69, 9.17) is 13.9 Å². The minimum Gasteiger partial charge on any atom is -0.508 e. The number of hydrogen-bond donors (Lipinski definition) is 1. The highest BCUT2D eigenvalue weighted by molar-refractivity contribution is 5.74. The molecule has 0 unspecified atom stereocenters. The highest BCUT2D eigenvalue weighted by Gasteiger charge is 2.09. The van der Waals surface area contributed by atoms with Gasteiger partial charge in [0.1, 0.15) is 12.5 Å². The summed E-state index contributed by atoms with van der Waals surface area (Å²) in [5.41, 5.74) is 0.926. The Morgan fingerprint density at radius 1 is 1.41 bits per heavy atom. The SMILES string of the molecule is COCCOCn1c(=O)oc2cc(O)ccc21. The van der Waals surface area contributed by atoms with Crippen molar-refractivity contribution in [2.24, 2.45) is 0 Å². The van der Waals surface area contributed by atoms with E-state index in [1.165, 1.54) is 16.7 Å². The summed E-state index contributed by atoms with van der Waals surface area (Å²) in [4.78, 5) is 11.5. The smallest absolute Gasteiger partial charge is 0.421 e. The number of phenolic OH excluding ortho intramolecular Hbond substituents is 1. The summed E-state index contributed by atoms with van der Waals surface area (Å²) >= 11 is 0. The molecular weight excluding hydrogens is 226 g/mol. The first-order chi connectivity index (χ1) is 8.22. The van der Waals surface area contributed by atoms with Gasteiger partial charge in [-0.2, -0.15) is 0 Å². The largest absolute Gasteiger partial charge is 0.508 e. The third-order valence-electron chi connectivity index (χ3n) is 2.30. The van der Waals surface area contributed by atoms with Crippen LogP contribution in [0.5, 0.6) is 5.75 Å². The van der Waals surface area contributed by atoms with Crippen LogP contribution in [0.25, 0.3) is 11.1 Å². The number of aromatic nitrogens is 1. The molecule has 6 nitrogen and oxygen atoms in total. The van der Waals surface area contributed by atoms with Gasteiger partial charge in [-0.1, -0.05) is 0 Å². The summed E-state index contributed by atoms with van der Waals surface area (Å²) in [6.45, 7) is 0.957. The predicted molar refractivity (Wildman–Crippen MR) is 60.0 cm³/mol. The summed E-state index contributed by atoms with van der Waals surface area (Å²) in [6, 6.07) is 4.49. The molecule has 0 saturated heterocycles. The van der Waals surface area contributed by atoms with Crippen molar-refractivity contribution in [2.75, 3.05) is 20.3 Å². The highest BCUT2D eigenvalue weighted by Crippen LogP contribution is 2.18. The molecule has 92 valence electrons. The molecule has 0 fully saturated rings. The van der Waals surface area contributed by atoms with Crippen molar-refractivity contribution in [3.8, 4) is 5.75 Å². The maximum Gasteiger partial charge on any atom is 0.421 e. The van der Waals surface area contributed by atoms with Gasteiger partial charge in [0.15, 0.2) is 5.58 Å². The van der Waals surface area contributed by atoms with Gasteiger partial charge in [-0.25, -0.2) is 9.36 Å². The second kappa shape index (κ2) is 5.03. The van der Waals surface area contributed by atoms with Crippen molar-refractivity contribution < 1.29 is 19.0 Å². The summed E-state index contributed by atoms with van der Waals surface area (Å²) in [5.74, 6) is -0.457. The molecule has 0 aliphatic carbocycles. The molecule has 17 heavy (non-hydrogen) atoms. The van der Waals surface area contributed by atoms with Crippen molar-refractivity contribution in [1.29, 1.82) is 0 Å². The minimum absolute atomic E-state index is 0.0544. The third-order valence-corrected chi connectivity index (χ3v) is 2.30. The summed E-state index contributed by atoms with van der Waals surface area (Å²) in [5, 5.41) is 9.26. The van der Waals surface area contributed by atoms with Crippen LogP contribution in [0, 0.1) is 0 Å². The Kier molecular flexibility index (Phi) is 3.46. The highest BCUT2D eigenvalue weighted by atomic mass is 16.5. The maximum atomic E-state index is 11.5. The van der Waals surface area contributed by atoms with Crippen molar-refractivity contribution in [1.82, 2.24) is 4.57 Å². The molecule has 0 bridgehead atoms. The van der Waals surface area contributed by atoms with Gasteiger partial charge in [0, 0.05) is 13.2 Å². The van der Waals surface area contributed by atoms with Gasteiger partial charge in [-0.05, 0) is 12.1 Å². The second-order valence-electron chi connectivity index (χ2n) is 3.48. The number of phenols is 1. The number of fused-ring (bicyclic) bond motifs is 1. The average molecular weight is 239 g/mol. The molecule has 1 heterocycles. The van der Waals surface area contributed by atoms with E-state index in [9.17, 15) is 9.90 Å².